The van der Waals surface area contributed by atoms with E-state index in [1.807, 2.05) is 13.0 Å². The summed E-state index contributed by atoms with van der Waals surface area (Å²) >= 11 is 0. The van der Waals surface area contributed by atoms with Crippen LogP contribution in [0.3, 0.4) is 0 Å². The van der Waals surface area contributed by atoms with E-state index in [-0.39, 0.29) is 0 Å². The summed E-state index contributed by atoms with van der Waals surface area (Å²) in [4.78, 5) is 2.38. The van der Waals surface area contributed by atoms with E-state index < -0.39 is 0 Å². The second kappa shape index (κ2) is 5.78. The number of nitrogens with two attached hydrogens (primary N) is 1. The predicted octanol–water partition coefficient (Wildman–Crippen LogP) is 1.71. The molecule has 0 saturated heterocycles. The molecule has 2 N–H and O–H groups in total. The van der Waals surface area contributed by atoms with Crippen molar-refractivity contribution in [2.24, 2.45) is 5.73 Å². The zero-order valence-corrected chi connectivity index (χ0v) is 9.16. The van der Waals surface area contributed by atoms with Crippen molar-refractivity contribution in [3.63, 3.8) is 0 Å². The molecule has 1 heterocycles. The van der Waals surface area contributed by atoms with Gasteiger partial charge in [0.15, 0.2) is 0 Å². The Labute approximate surface area is 86.8 Å². The second-order valence-corrected chi connectivity index (χ2v) is 3.69. The molecule has 0 aromatic rings. The average Bonchev–Trinajstić information content (AvgIpc) is 2.48. The Balaban J connectivity index is 2.50. The van der Waals surface area contributed by atoms with Crippen LogP contribution in [-0.2, 0) is 0 Å². The van der Waals surface area contributed by atoms with Gasteiger partial charge in [-0.15, -0.1) is 0 Å². The molecule has 0 bridgehead atoms. The highest BCUT2D eigenvalue weighted by molar-refractivity contribution is 5.32. The molecule has 0 unspecified atom stereocenters. The Kier molecular flexibility index (Phi) is 4.63. The molecule has 1 aliphatic rings. The average molecular weight is 192 g/mol. The van der Waals surface area contributed by atoms with E-state index in [0.29, 0.717) is 0 Å². The van der Waals surface area contributed by atoms with Crippen LogP contribution in [0.5, 0.6) is 0 Å². The largest absolute Gasteiger partial charge is 0.329 e. The van der Waals surface area contributed by atoms with Crippen molar-refractivity contribution in [3.05, 3.63) is 35.5 Å². The maximum Gasteiger partial charge on any atom is 0.0237 e. The third-order valence-electron chi connectivity index (χ3n) is 2.45. The van der Waals surface area contributed by atoms with Crippen LogP contribution >= 0.6 is 0 Å². The molecule has 1 rings (SSSR count). The van der Waals surface area contributed by atoms with E-state index >= 15 is 0 Å². The molecular weight excluding hydrogens is 172 g/mol. The van der Waals surface area contributed by atoms with Crippen LogP contribution in [0.15, 0.2) is 35.5 Å². The minimum atomic E-state index is 0.749. The summed E-state index contributed by atoms with van der Waals surface area (Å²) in [6.07, 6.45) is 8.40. The van der Waals surface area contributed by atoms with Crippen LogP contribution < -0.4 is 5.73 Å². The molecule has 0 aromatic carbocycles. The quantitative estimate of drug-likeness (QED) is 0.687. The number of hydrogen-bond acceptors (Lipinski definition) is 2. The van der Waals surface area contributed by atoms with Gasteiger partial charge in [-0.2, -0.15) is 0 Å². The smallest absolute Gasteiger partial charge is 0.0237 e. The van der Waals surface area contributed by atoms with Gasteiger partial charge in [-0.25, -0.2) is 0 Å². The first kappa shape index (κ1) is 11.2. The van der Waals surface area contributed by atoms with Gasteiger partial charge < -0.3 is 5.73 Å². The summed E-state index contributed by atoms with van der Waals surface area (Å²) < 4.78 is 0. The van der Waals surface area contributed by atoms with E-state index in [2.05, 4.69) is 30.1 Å². The molecule has 14 heavy (non-hydrogen) atoms. The topological polar surface area (TPSA) is 29.3 Å². The van der Waals surface area contributed by atoms with Crippen molar-refractivity contribution in [2.45, 2.75) is 13.8 Å². The summed E-state index contributed by atoms with van der Waals surface area (Å²) in [5.41, 5.74) is 8.44. The molecule has 2 nitrogen and oxygen atoms in total. The van der Waals surface area contributed by atoms with Crippen molar-refractivity contribution in [1.82, 2.24) is 4.90 Å². The fourth-order valence-corrected chi connectivity index (χ4v) is 1.69. The molecule has 78 valence electrons. The summed E-state index contributed by atoms with van der Waals surface area (Å²) in [5, 5.41) is 0. The Morgan fingerprint density at radius 3 is 2.79 bits per heavy atom. The van der Waals surface area contributed by atoms with Gasteiger partial charge in [0.2, 0.25) is 0 Å². The number of allylic oxidation sites excluding steroid dienone is 3. The highest BCUT2D eigenvalue weighted by Crippen LogP contribution is 2.17. The van der Waals surface area contributed by atoms with Gasteiger partial charge in [-0.3, -0.25) is 4.90 Å². The van der Waals surface area contributed by atoms with Gasteiger partial charge in [0, 0.05) is 26.2 Å². The lowest BCUT2D eigenvalue weighted by molar-refractivity contribution is 0.356. The molecule has 1 aliphatic heterocycles. The highest BCUT2D eigenvalue weighted by atomic mass is 15.1. The molecule has 0 saturated carbocycles. The normalized spacial score (nSPS) is 19.4. The molecule has 0 spiro atoms. The van der Waals surface area contributed by atoms with Crippen molar-refractivity contribution in [2.75, 3.05) is 26.2 Å². The van der Waals surface area contributed by atoms with E-state index in [4.69, 9.17) is 5.73 Å². The maximum absolute atomic E-state index is 5.53. The van der Waals surface area contributed by atoms with E-state index in [9.17, 15) is 0 Å². The number of nitrogens with zero attached hydrogens (tertiary/aromatic N) is 1. The molecule has 2 heteroatoms. The van der Waals surface area contributed by atoms with Gasteiger partial charge in [0.1, 0.15) is 0 Å². The lowest BCUT2D eigenvalue weighted by Crippen LogP contribution is -2.27. The summed E-state index contributed by atoms with van der Waals surface area (Å²) in [5.74, 6) is 0. The van der Waals surface area contributed by atoms with Crippen LogP contribution in [0, 0.1) is 0 Å². The zero-order chi connectivity index (χ0) is 10.4. The molecule has 0 aliphatic carbocycles. The summed E-state index contributed by atoms with van der Waals surface area (Å²) in [6, 6.07) is 0. The fourth-order valence-electron chi connectivity index (χ4n) is 1.69. The highest BCUT2D eigenvalue weighted by Gasteiger charge is 2.15. The van der Waals surface area contributed by atoms with E-state index in [0.717, 1.165) is 26.2 Å². The first-order valence-electron chi connectivity index (χ1n) is 5.18. The third kappa shape index (κ3) is 3.13. The fraction of sp³-hybridized carbons (Fsp3) is 0.500. The third-order valence-corrected chi connectivity index (χ3v) is 2.45. The van der Waals surface area contributed by atoms with Crippen LogP contribution in [0.4, 0.5) is 0 Å². The lowest BCUT2D eigenvalue weighted by Gasteiger charge is -2.13. The molecule has 0 aromatic heterocycles. The van der Waals surface area contributed by atoms with Gasteiger partial charge >= 0.3 is 0 Å². The first-order chi connectivity index (χ1) is 6.77. The van der Waals surface area contributed by atoms with Gasteiger partial charge in [0.05, 0.1) is 0 Å². The Bertz CT molecular complexity index is 261. The Hall–Kier alpha value is -0.860. The van der Waals surface area contributed by atoms with Crippen molar-refractivity contribution in [1.29, 1.82) is 0 Å². The number of rotatable bonds is 4. The molecule has 0 amide bonds. The molecular formula is C12H20N2. The SMILES string of the molecule is C/C=C\C=C/C1=C(C)CN(CCN)C1. The van der Waals surface area contributed by atoms with Crippen LogP contribution in [-0.4, -0.2) is 31.1 Å². The van der Waals surface area contributed by atoms with Crippen LogP contribution in [0.1, 0.15) is 13.8 Å². The van der Waals surface area contributed by atoms with E-state index in [1.54, 1.807) is 0 Å². The minimum Gasteiger partial charge on any atom is -0.329 e. The van der Waals surface area contributed by atoms with Crippen LogP contribution in [0.2, 0.25) is 0 Å². The standard InChI is InChI=1S/C12H20N2/c1-3-4-5-6-12-10-14(8-7-13)9-11(12)2/h3-6H,7-10,13H2,1-2H3/b4-3-,6-5-. The van der Waals surface area contributed by atoms with Crippen LogP contribution in [0.25, 0.3) is 0 Å². The first-order valence-corrected chi connectivity index (χ1v) is 5.18. The summed E-state index contributed by atoms with van der Waals surface area (Å²) in [6.45, 7) is 8.11. The Morgan fingerprint density at radius 2 is 2.14 bits per heavy atom. The maximum atomic E-state index is 5.53. The monoisotopic (exact) mass is 192 g/mol. The molecule has 0 fully saturated rings. The second-order valence-electron chi connectivity index (χ2n) is 3.69. The minimum absolute atomic E-state index is 0.749. The summed E-state index contributed by atoms with van der Waals surface area (Å²) in [7, 11) is 0. The molecule has 0 atom stereocenters. The van der Waals surface area contributed by atoms with Gasteiger partial charge in [-0.05, 0) is 19.4 Å². The van der Waals surface area contributed by atoms with Crippen molar-refractivity contribution >= 4 is 0 Å². The predicted molar refractivity (Wildman–Crippen MR) is 62.1 cm³/mol. The zero-order valence-electron chi connectivity index (χ0n) is 9.16. The molecule has 0 radical (unpaired) electrons. The van der Waals surface area contributed by atoms with Crippen molar-refractivity contribution < 1.29 is 0 Å². The van der Waals surface area contributed by atoms with Gasteiger partial charge in [-0.1, -0.05) is 29.9 Å². The van der Waals surface area contributed by atoms with Gasteiger partial charge in [0.25, 0.3) is 0 Å². The number of hydrogen-bond donors (Lipinski definition) is 1. The van der Waals surface area contributed by atoms with E-state index in [1.165, 1.54) is 11.1 Å². The van der Waals surface area contributed by atoms with Crippen molar-refractivity contribution in [3.8, 4) is 0 Å². The lowest BCUT2D eigenvalue weighted by atomic mass is 10.1. The Morgan fingerprint density at radius 1 is 1.36 bits per heavy atom.